The van der Waals surface area contributed by atoms with Crippen LogP contribution in [0.3, 0.4) is 0 Å². The van der Waals surface area contributed by atoms with Gasteiger partial charge in [-0.05, 0) is 42.0 Å². The number of ether oxygens (including phenoxy) is 1. The van der Waals surface area contributed by atoms with Gasteiger partial charge in [0.15, 0.2) is 5.75 Å². The summed E-state index contributed by atoms with van der Waals surface area (Å²) in [7, 11) is 1.42. The van der Waals surface area contributed by atoms with Gasteiger partial charge in [-0.2, -0.15) is 0 Å². The van der Waals surface area contributed by atoms with Crippen LogP contribution in [0.15, 0.2) is 46.4 Å². The van der Waals surface area contributed by atoms with Crippen LogP contribution in [0.5, 0.6) is 5.75 Å². The molecule has 0 bridgehead atoms. The Kier molecular flexibility index (Phi) is 5.55. The lowest BCUT2D eigenvalue weighted by atomic mass is 10.1. The van der Waals surface area contributed by atoms with Crippen molar-refractivity contribution in [3.8, 4) is 5.75 Å². The third-order valence-electron chi connectivity index (χ3n) is 3.70. The number of urea groups is 1. The van der Waals surface area contributed by atoms with Gasteiger partial charge in [0.25, 0.3) is 11.8 Å². The smallest absolute Gasteiger partial charge is 0.335 e. The number of benzene rings is 2. The van der Waals surface area contributed by atoms with E-state index in [0.717, 1.165) is 4.90 Å². The van der Waals surface area contributed by atoms with Crippen molar-refractivity contribution in [3.63, 3.8) is 0 Å². The number of hydrogen-bond acceptors (Lipinski definition) is 4. The average molecular weight is 470 g/mol. The number of hydrogen-bond donors (Lipinski definition) is 1. The van der Waals surface area contributed by atoms with Crippen LogP contribution in [0, 0.1) is 0 Å². The molecule has 1 heterocycles. The van der Waals surface area contributed by atoms with Crippen LogP contribution in [-0.2, 0) is 9.59 Å². The Bertz CT molecular complexity index is 984. The van der Waals surface area contributed by atoms with E-state index in [0.29, 0.717) is 15.7 Å². The van der Waals surface area contributed by atoms with Gasteiger partial charge in [-0.1, -0.05) is 45.2 Å². The van der Waals surface area contributed by atoms with E-state index < -0.39 is 17.8 Å². The van der Waals surface area contributed by atoms with Crippen LogP contribution < -0.4 is 15.0 Å². The van der Waals surface area contributed by atoms with Crippen LogP contribution in [-0.4, -0.2) is 25.0 Å². The second-order valence-corrected chi connectivity index (χ2v) is 7.19. The number of halogens is 3. The molecule has 3 rings (SSSR count). The molecule has 1 aliphatic rings. The summed E-state index contributed by atoms with van der Waals surface area (Å²) in [4.78, 5) is 38.1. The zero-order valence-electron chi connectivity index (χ0n) is 13.8. The zero-order chi connectivity index (χ0) is 19.7. The summed E-state index contributed by atoms with van der Waals surface area (Å²) in [5.41, 5.74) is 0.496. The van der Waals surface area contributed by atoms with E-state index in [1.165, 1.54) is 25.3 Å². The highest BCUT2D eigenvalue weighted by Crippen LogP contribution is 2.35. The first-order valence-corrected chi connectivity index (χ1v) is 9.06. The maximum Gasteiger partial charge on any atom is 0.335 e. The van der Waals surface area contributed by atoms with Crippen molar-refractivity contribution in [2.45, 2.75) is 0 Å². The van der Waals surface area contributed by atoms with Crippen LogP contribution >= 0.6 is 39.1 Å². The number of barbiturate groups is 1. The molecule has 0 unspecified atom stereocenters. The van der Waals surface area contributed by atoms with Crippen molar-refractivity contribution in [1.29, 1.82) is 0 Å². The normalized spacial score (nSPS) is 15.9. The molecule has 0 spiro atoms. The molecular formula is C18H11BrCl2N2O4. The highest BCUT2D eigenvalue weighted by atomic mass is 79.9. The first-order valence-electron chi connectivity index (χ1n) is 7.52. The predicted octanol–water partition coefficient (Wildman–Crippen LogP) is 4.43. The summed E-state index contributed by atoms with van der Waals surface area (Å²) in [6.07, 6.45) is 1.31. The summed E-state index contributed by atoms with van der Waals surface area (Å²) < 4.78 is 5.75. The average Bonchev–Trinajstić information content (AvgIpc) is 2.58. The monoisotopic (exact) mass is 468 g/mol. The Morgan fingerprint density at radius 2 is 1.78 bits per heavy atom. The highest BCUT2D eigenvalue weighted by molar-refractivity contribution is 9.10. The first kappa shape index (κ1) is 19.4. The van der Waals surface area contributed by atoms with Crippen molar-refractivity contribution in [2.75, 3.05) is 12.0 Å². The maximum atomic E-state index is 12.8. The number of rotatable bonds is 3. The summed E-state index contributed by atoms with van der Waals surface area (Å²) in [6.45, 7) is 0. The third-order valence-corrected chi connectivity index (χ3v) is 4.76. The van der Waals surface area contributed by atoms with Gasteiger partial charge < -0.3 is 4.74 Å². The van der Waals surface area contributed by atoms with Crippen LogP contribution in [0.4, 0.5) is 10.5 Å². The minimum Gasteiger partial charge on any atom is -0.494 e. The van der Waals surface area contributed by atoms with Crippen LogP contribution in [0.2, 0.25) is 10.0 Å². The number of methoxy groups -OCH3 is 1. The molecule has 6 nitrogen and oxygen atoms in total. The zero-order valence-corrected chi connectivity index (χ0v) is 16.9. The van der Waals surface area contributed by atoms with Gasteiger partial charge >= 0.3 is 6.03 Å². The van der Waals surface area contributed by atoms with E-state index in [9.17, 15) is 14.4 Å². The molecule has 1 fully saturated rings. The van der Waals surface area contributed by atoms with Gasteiger partial charge in [-0.25, -0.2) is 9.69 Å². The van der Waals surface area contributed by atoms with Gasteiger partial charge in [0.2, 0.25) is 0 Å². The fourth-order valence-electron chi connectivity index (χ4n) is 2.53. The van der Waals surface area contributed by atoms with Crippen molar-refractivity contribution in [1.82, 2.24) is 5.32 Å². The van der Waals surface area contributed by atoms with Crippen molar-refractivity contribution >= 4 is 68.7 Å². The third kappa shape index (κ3) is 3.85. The fourth-order valence-corrected chi connectivity index (χ4v) is 3.58. The molecule has 1 saturated heterocycles. The lowest BCUT2D eigenvalue weighted by Crippen LogP contribution is -2.54. The van der Waals surface area contributed by atoms with Gasteiger partial charge in [-0.15, -0.1) is 0 Å². The van der Waals surface area contributed by atoms with Crippen molar-refractivity contribution in [3.05, 3.63) is 62.1 Å². The Morgan fingerprint density at radius 3 is 2.37 bits per heavy atom. The van der Waals surface area contributed by atoms with E-state index in [1.807, 2.05) is 0 Å². The van der Waals surface area contributed by atoms with Crippen molar-refractivity contribution in [2.24, 2.45) is 0 Å². The second-order valence-electron chi connectivity index (χ2n) is 5.46. The molecule has 0 radical (unpaired) electrons. The van der Waals surface area contributed by atoms with E-state index >= 15 is 0 Å². The van der Waals surface area contributed by atoms with E-state index in [-0.39, 0.29) is 21.4 Å². The number of amides is 4. The number of nitrogens with one attached hydrogen (secondary N) is 1. The molecule has 0 aliphatic carbocycles. The molecule has 27 heavy (non-hydrogen) atoms. The first-order chi connectivity index (χ1) is 12.8. The summed E-state index contributed by atoms with van der Waals surface area (Å²) in [5.74, 6) is -1.28. The molecule has 2 aromatic carbocycles. The number of anilines is 1. The molecule has 1 aliphatic heterocycles. The Hall–Kier alpha value is -2.35. The van der Waals surface area contributed by atoms with Gasteiger partial charge in [0, 0.05) is 4.47 Å². The summed E-state index contributed by atoms with van der Waals surface area (Å²) >= 11 is 15.5. The lowest BCUT2D eigenvalue weighted by molar-refractivity contribution is -0.122. The second kappa shape index (κ2) is 7.72. The van der Waals surface area contributed by atoms with Gasteiger partial charge in [-0.3, -0.25) is 14.9 Å². The fraction of sp³-hybridized carbons (Fsp3) is 0.0556. The molecule has 0 saturated carbocycles. The van der Waals surface area contributed by atoms with Gasteiger partial charge in [0.1, 0.15) is 5.57 Å². The van der Waals surface area contributed by atoms with Gasteiger partial charge in [0.05, 0.1) is 22.8 Å². The van der Waals surface area contributed by atoms with E-state index in [2.05, 4.69) is 21.2 Å². The molecular weight excluding hydrogens is 459 g/mol. The summed E-state index contributed by atoms with van der Waals surface area (Å²) in [5, 5.41) is 2.60. The SMILES string of the molecule is COc1c(Cl)cc(/C=C2\C(=O)NC(=O)N(c3cccc(Br)c3)C2=O)cc1Cl. The number of nitrogens with zero attached hydrogens (tertiary/aromatic N) is 1. The minimum atomic E-state index is -0.828. The quantitative estimate of drug-likeness (QED) is 0.532. The Labute approximate surface area is 172 Å². The van der Waals surface area contributed by atoms with E-state index in [4.69, 9.17) is 27.9 Å². The molecule has 2 aromatic rings. The summed E-state index contributed by atoms with van der Waals surface area (Å²) in [6, 6.07) is 8.76. The topological polar surface area (TPSA) is 75.7 Å². The number of carbonyl (C=O) groups excluding carboxylic acids is 3. The molecule has 138 valence electrons. The minimum absolute atomic E-state index is 0.223. The largest absolute Gasteiger partial charge is 0.494 e. The predicted molar refractivity (Wildman–Crippen MR) is 106 cm³/mol. The number of carbonyl (C=O) groups is 3. The van der Waals surface area contributed by atoms with E-state index in [1.54, 1.807) is 24.3 Å². The lowest BCUT2D eigenvalue weighted by Gasteiger charge is -2.26. The maximum absolute atomic E-state index is 12.8. The molecule has 9 heteroatoms. The van der Waals surface area contributed by atoms with Crippen LogP contribution in [0.1, 0.15) is 5.56 Å². The Balaban J connectivity index is 2.04. The molecule has 4 amide bonds. The molecule has 0 atom stereocenters. The molecule has 0 aromatic heterocycles. The van der Waals surface area contributed by atoms with Crippen molar-refractivity contribution < 1.29 is 19.1 Å². The number of imide groups is 2. The highest BCUT2D eigenvalue weighted by Gasteiger charge is 2.36. The standard InChI is InChI=1S/C18H11BrCl2N2O4/c1-27-15-13(20)6-9(7-14(15)21)5-12-16(24)22-18(26)23(17(12)25)11-4-2-3-10(19)8-11/h2-8H,1H3,(H,22,24,26)/b12-5+. The Morgan fingerprint density at radius 1 is 1.11 bits per heavy atom. The molecule has 1 N–H and O–H groups in total. The van der Waals surface area contributed by atoms with Crippen LogP contribution in [0.25, 0.3) is 6.08 Å².